The summed E-state index contributed by atoms with van der Waals surface area (Å²) < 4.78 is 0. The van der Waals surface area contributed by atoms with E-state index in [1.807, 2.05) is 0 Å². The van der Waals surface area contributed by atoms with Gasteiger partial charge in [0, 0.05) is 26.6 Å². The van der Waals surface area contributed by atoms with Crippen molar-refractivity contribution in [2.45, 2.75) is 115 Å². The number of amides is 2. The first kappa shape index (κ1) is 26.8. The summed E-state index contributed by atoms with van der Waals surface area (Å²) in [5.74, 6) is -0.279. The average Bonchev–Trinajstić information content (AvgIpc) is 3.23. The zero-order chi connectivity index (χ0) is 25.2. The van der Waals surface area contributed by atoms with Crippen LogP contribution in [0.4, 0.5) is 0 Å². The van der Waals surface area contributed by atoms with Crippen LogP contribution in [0.2, 0.25) is 0 Å². The molecule has 0 aromatic rings. The molecule has 35 heavy (non-hydrogen) atoms. The molecule has 1 saturated carbocycles. The Morgan fingerprint density at radius 2 is 1.69 bits per heavy atom. The smallest absolute Gasteiger partial charge is 0.242 e. The number of hydrogen-bond donors (Lipinski definition) is 4. The van der Waals surface area contributed by atoms with Gasteiger partial charge in [0.2, 0.25) is 11.8 Å². The Morgan fingerprint density at radius 3 is 2.29 bits per heavy atom. The van der Waals surface area contributed by atoms with E-state index in [-0.39, 0.29) is 41.8 Å². The molecule has 4 aliphatic rings. The number of nitrogens with zero attached hydrogens (tertiary/aromatic N) is 3. The van der Waals surface area contributed by atoms with Crippen molar-refractivity contribution in [3.05, 3.63) is 0 Å². The fraction of sp³-hybridized carbons (Fsp3) is 0.923. The van der Waals surface area contributed by atoms with Crippen molar-refractivity contribution in [3.63, 3.8) is 0 Å². The number of β-amino-alcohol motifs (C(OH)–C–C–N with tert-alkyl or cyclic N) is 1. The molecule has 3 aliphatic heterocycles. The molecule has 0 radical (unpaired) electrons. The predicted octanol–water partition coefficient (Wildman–Crippen LogP) is 1.38. The van der Waals surface area contributed by atoms with Crippen molar-refractivity contribution in [2.24, 2.45) is 5.41 Å². The Bertz CT molecular complexity index is 742. The molecule has 4 fully saturated rings. The van der Waals surface area contributed by atoms with E-state index >= 15 is 0 Å². The fourth-order valence-electron chi connectivity index (χ4n) is 6.93. The maximum Gasteiger partial charge on any atom is 0.242 e. The molecule has 9 nitrogen and oxygen atoms in total. The summed E-state index contributed by atoms with van der Waals surface area (Å²) in [5, 5.41) is 15.3. The van der Waals surface area contributed by atoms with E-state index < -0.39 is 18.2 Å². The normalized spacial score (nSPS) is 31.5. The maximum atomic E-state index is 14.2. The van der Waals surface area contributed by atoms with Crippen LogP contribution in [0.1, 0.15) is 85.0 Å². The summed E-state index contributed by atoms with van der Waals surface area (Å²) in [7, 11) is 1.59. The van der Waals surface area contributed by atoms with Gasteiger partial charge in [0.05, 0.1) is 17.7 Å². The zero-order valence-electron chi connectivity index (χ0n) is 22.3. The van der Waals surface area contributed by atoms with Crippen molar-refractivity contribution < 1.29 is 14.7 Å². The lowest BCUT2D eigenvalue weighted by Gasteiger charge is -2.50. The van der Waals surface area contributed by atoms with Gasteiger partial charge in [-0.15, -0.1) is 0 Å². The molecule has 4 N–H and O–H groups in total. The fourth-order valence-corrected chi connectivity index (χ4v) is 6.93. The van der Waals surface area contributed by atoms with Crippen molar-refractivity contribution in [3.8, 4) is 0 Å². The van der Waals surface area contributed by atoms with Crippen molar-refractivity contribution >= 4 is 11.8 Å². The van der Waals surface area contributed by atoms with Crippen LogP contribution in [-0.4, -0.2) is 94.7 Å². The van der Waals surface area contributed by atoms with Gasteiger partial charge in [-0.3, -0.25) is 9.59 Å². The zero-order valence-corrected chi connectivity index (χ0v) is 22.3. The van der Waals surface area contributed by atoms with E-state index in [1.54, 1.807) is 11.9 Å². The highest BCUT2D eigenvalue weighted by molar-refractivity contribution is 5.91. The Morgan fingerprint density at radius 1 is 1.06 bits per heavy atom. The molecule has 4 rings (SSSR count). The lowest BCUT2D eigenvalue weighted by atomic mass is 9.73. The van der Waals surface area contributed by atoms with Gasteiger partial charge in [-0.05, 0) is 44.2 Å². The van der Waals surface area contributed by atoms with Gasteiger partial charge in [-0.1, -0.05) is 52.9 Å². The number of aliphatic hydroxyl groups excluding tert-OH is 1. The first-order chi connectivity index (χ1) is 16.7. The van der Waals surface area contributed by atoms with Gasteiger partial charge in [-0.2, -0.15) is 5.53 Å². The second-order valence-corrected chi connectivity index (χ2v) is 12.3. The summed E-state index contributed by atoms with van der Waals surface area (Å²) in [5.41, 5.74) is 6.60. The highest BCUT2D eigenvalue weighted by atomic mass is 16.3. The summed E-state index contributed by atoms with van der Waals surface area (Å²) in [4.78, 5) is 31.1. The van der Waals surface area contributed by atoms with E-state index in [0.29, 0.717) is 0 Å². The first-order valence-corrected chi connectivity index (χ1v) is 13.9. The number of hydrazine groups is 2. The predicted molar refractivity (Wildman–Crippen MR) is 136 cm³/mol. The van der Waals surface area contributed by atoms with E-state index in [0.717, 1.165) is 45.3 Å². The summed E-state index contributed by atoms with van der Waals surface area (Å²) >= 11 is 0. The molecule has 0 bridgehead atoms. The van der Waals surface area contributed by atoms with E-state index in [1.165, 1.54) is 32.1 Å². The number of carbonyl (C=O) groups is 2. The summed E-state index contributed by atoms with van der Waals surface area (Å²) in [6.45, 7) is 9.81. The molecule has 3 saturated heterocycles. The highest BCUT2D eigenvalue weighted by Crippen LogP contribution is 2.43. The van der Waals surface area contributed by atoms with Gasteiger partial charge in [0.15, 0.2) is 0 Å². The molecule has 0 aromatic heterocycles. The van der Waals surface area contributed by atoms with Crippen molar-refractivity contribution in [2.75, 3.05) is 33.2 Å². The largest absolute Gasteiger partial charge is 0.391 e. The Hall–Kier alpha value is -1.26. The van der Waals surface area contributed by atoms with Gasteiger partial charge in [0.1, 0.15) is 12.1 Å². The van der Waals surface area contributed by atoms with Crippen LogP contribution >= 0.6 is 0 Å². The third kappa shape index (κ3) is 5.54. The molecule has 0 aromatic carbocycles. The Balaban J connectivity index is 1.62. The number of aliphatic hydroxyl groups is 1. The lowest BCUT2D eigenvalue weighted by Crippen LogP contribution is -2.66. The SMILES string of the molecule is CNC(=O)[C@@H]1C[C@@H](O)CN1C(=O)[C@@H](N1NNC(CN2CCCCCC2)C12CCCCC2)C(C)(C)C. The van der Waals surface area contributed by atoms with Crippen molar-refractivity contribution in [1.82, 2.24) is 31.1 Å². The van der Waals surface area contributed by atoms with Crippen LogP contribution in [0.15, 0.2) is 0 Å². The molecule has 2 amide bonds. The minimum absolute atomic E-state index is 0.0719. The summed E-state index contributed by atoms with van der Waals surface area (Å²) in [6, 6.07) is -0.852. The minimum Gasteiger partial charge on any atom is -0.391 e. The quantitative estimate of drug-likeness (QED) is 0.460. The monoisotopic (exact) mass is 492 g/mol. The molecule has 1 spiro atoms. The van der Waals surface area contributed by atoms with Gasteiger partial charge < -0.3 is 20.2 Å². The van der Waals surface area contributed by atoms with E-state index in [4.69, 9.17) is 0 Å². The molecule has 200 valence electrons. The van der Waals surface area contributed by atoms with Crippen LogP contribution in [0, 0.1) is 5.41 Å². The Labute approximate surface area is 211 Å². The van der Waals surface area contributed by atoms with E-state index in [2.05, 4.69) is 47.0 Å². The number of likely N-dealkylation sites (N-methyl/N-ethyl adjacent to an activating group) is 1. The standard InChI is InChI=1S/C26H48N6O3/c1-25(2,3)22(24(35)31-17-19(33)16-20(31)23(34)27-4)32-26(12-8-7-9-13-26)21(28-29-32)18-30-14-10-5-6-11-15-30/h19-22,28-29,33H,5-18H2,1-4H3,(H,27,34)/t19-,20+,21?,22-/m1/s1. The lowest BCUT2D eigenvalue weighted by molar-refractivity contribution is -0.152. The number of carbonyl (C=O) groups excluding carboxylic acids is 2. The number of hydrogen-bond acceptors (Lipinski definition) is 7. The van der Waals surface area contributed by atoms with Crippen LogP contribution in [-0.2, 0) is 9.59 Å². The topological polar surface area (TPSA) is 100 Å². The van der Waals surface area contributed by atoms with Crippen LogP contribution in [0.3, 0.4) is 0 Å². The molecular weight excluding hydrogens is 444 g/mol. The molecule has 1 unspecified atom stereocenters. The van der Waals surface area contributed by atoms with E-state index in [9.17, 15) is 14.7 Å². The second kappa shape index (κ2) is 11.0. The molecule has 1 aliphatic carbocycles. The third-order valence-electron chi connectivity index (χ3n) is 8.77. The molecular formula is C26H48N6O3. The maximum absolute atomic E-state index is 14.2. The Kier molecular flexibility index (Phi) is 8.43. The minimum atomic E-state index is -0.675. The van der Waals surface area contributed by atoms with Gasteiger partial charge in [-0.25, -0.2) is 10.4 Å². The first-order valence-electron chi connectivity index (χ1n) is 13.9. The highest BCUT2D eigenvalue weighted by Gasteiger charge is 2.57. The third-order valence-corrected chi connectivity index (χ3v) is 8.77. The van der Waals surface area contributed by atoms with Crippen LogP contribution in [0.5, 0.6) is 0 Å². The number of nitrogens with one attached hydrogen (secondary N) is 3. The molecule has 3 heterocycles. The summed E-state index contributed by atoms with van der Waals surface area (Å²) in [6.07, 6.45) is 10.4. The van der Waals surface area contributed by atoms with Gasteiger partial charge >= 0.3 is 0 Å². The van der Waals surface area contributed by atoms with Crippen LogP contribution < -0.4 is 16.3 Å². The number of rotatable bonds is 5. The second-order valence-electron chi connectivity index (χ2n) is 12.3. The molecule has 9 heteroatoms. The molecule has 4 atom stereocenters. The van der Waals surface area contributed by atoms with Crippen LogP contribution in [0.25, 0.3) is 0 Å². The average molecular weight is 493 g/mol. The van der Waals surface area contributed by atoms with Gasteiger partial charge in [0.25, 0.3) is 0 Å². The number of likely N-dealkylation sites (tertiary alicyclic amines) is 2. The van der Waals surface area contributed by atoms with Crippen molar-refractivity contribution in [1.29, 1.82) is 0 Å².